The molecule has 1 unspecified atom stereocenters. The summed E-state index contributed by atoms with van der Waals surface area (Å²) in [6.07, 6.45) is 6.49. The molecule has 2 aliphatic rings. The maximum atomic E-state index is 10.4. The van der Waals surface area contributed by atoms with Crippen LogP contribution in [-0.2, 0) is 0 Å². The highest BCUT2D eigenvalue weighted by Gasteiger charge is 2.19. The number of benzene rings is 3. The Labute approximate surface area is 224 Å². The Hall–Kier alpha value is -3.48. The van der Waals surface area contributed by atoms with Crippen molar-refractivity contribution >= 4 is 11.1 Å². The van der Waals surface area contributed by atoms with Crippen LogP contribution in [0.25, 0.3) is 11.1 Å². The molecule has 3 aromatic carbocycles. The molecule has 5 rings (SSSR count). The van der Waals surface area contributed by atoms with Crippen molar-refractivity contribution in [3.8, 4) is 23.0 Å². The topological polar surface area (TPSA) is 80.2 Å². The molecule has 1 fully saturated rings. The van der Waals surface area contributed by atoms with E-state index in [-0.39, 0.29) is 19.1 Å². The largest absolute Gasteiger partial charge is 0.508 e. The first kappa shape index (κ1) is 26.1. The summed E-state index contributed by atoms with van der Waals surface area (Å²) in [5.41, 5.74) is 5.35. The van der Waals surface area contributed by atoms with Crippen LogP contribution in [0.5, 0.6) is 23.0 Å². The number of fused-ring (bicyclic) bond motifs is 1. The molecule has 200 valence electrons. The lowest BCUT2D eigenvalue weighted by atomic mass is 9.88. The molecule has 0 radical (unpaired) electrons. The summed E-state index contributed by atoms with van der Waals surface area (Å²) < 4.78 is 17.1. The van der Waals surface area contributed by atoms with Crippen LogP contribution in [0.3, 0.4) is 0 Å². The quantitative estimate of drug-likeness (QED) is 0.281. The number of aromatic hydroxyl groups is 1. The monoisotopic (exact) mass is 515 g/mol. The van der Waals surface area contributed by atoms with Crippen molar-refractivity contribution in [2.45, 2.75) is 57.6 Å². The van der Waals surface area contributed by atoms with E-state index in [4.69, 9.17) is 14.2 Å². The second-order valence-corrected chi connectivity index (χ2v) is 10.1. The normalized spacial score (nSPS) is 16.7. The van der Waals surface area contributed by atoms with Crippen LogP contribution < -0.4 is 19.5 Å². The highest BCUT2D eigenvalue weighted by Crippen LogP contribution is 2.40. The van der Waals surface area contributed by atoms with E-state index in [1.54, 1.807) is 12.1 Å². The van der Waals surface area contributed by atoms with E-state index in [0.29, 0.717) is 12.6 Å². The predicted octanol–water partition coefficient (Wildman–Crippen LogP) is 6.15. The molecule has 1 aliphatic heterocycles. The van der Waals surface area contributed by atoms with Gasteiger partial charge in [0, 0.05) is 12.6 Å². The lowest BCUT2D eigenvalue weighted by Crippen LogP contribution is -2.38. The van der Waals surface area contributed by atoms with Gasteiger partial charge in [0.25, 0.3) is 0 Å². The molecule has 0 bridgehead atoms. The smallest absolute Gasteiger partial charge is 0.231 e. The number of rotatable bonds is 10. The number of hydrogen-bond acceptors (Lipinski definition) is 6. The molecule has 0 spiro atoms. The minimum Gasteiger partial charge on any atom is -0.508 e. The fraction of sp³-hybridized carbons (Fsp3) is 0.375. The summed E-state index contributed by atoms with van der Waals surface area (Å²) in [5, 5.41) is 23.8. The maximum Gasteiger partial charge on any atom is 0.231 e. The van der Waals surface area contributed by atoms with E-state index < -0.39 is 6.10 Å². The zero-order valence-electron chi connectivity index (χ0n) is 22.0. The van der Waals surface area contributed by atoms with Gasteiger partial charge >= 0.3 is 0 Å². The Kier molecular flexibility index (Phi) is 8.51. The zero-order valence-corrected chi connectivity index (χ0v) is 22.0. The molecule has 3 N–H and O–H groups in total. The van der Waals surface area contributed by atoms with E-state index in [0.717, 1.165) is 51.5 Å². The van der Waals surface area contributed by atoms with Crippen LogP contribution in [-0.4, -0.2) is 42.3 Å². The van der Waals surface area contributed by atoms with Gasteiger partial charge in [-0.1, -0.05) is 56.5 Å². The second kappa shape index (κ2) is 12.4. The number of nitrogens with one attached hydrogen (secondary N) is 1. The summed E-state index contributed by atoms with van der Waals surface area (Å²) in [4.78, 5) is 0. The van der Waals surface area contributed by atoms with E-state index in [1.165, 1.54) is 32.1 Å². The molecule has 0 aromatic heterocycles. The van der Waals surface area contributed by atoms with Gasteiger partial charge in [-0.05, 0) is 83.5 Å². The van der Waals surface area contributed by atoms with Crippen molar-refractivity contribution in [2.75, 3.05) is 19.9 Å². The van der Waals surface area contributed by atoms with Crippen molar-refractivity contribution in [1.29, 1.82) is 0 Å². The van der Waals surface area contributed by atoms with Crippen LogP contribution in [0.15, 0.2) is 66.7 Å². The molecule has 1 atom stereocenters. The standard InChI is InChI=1S/C32H37NO5/c1-2-29(24-12-17-30-31(18-24)38-21-37-30)32(22-8-13-26(34)14-9-22)23-10-15-28(16-11-23)36-20-27(35)19-33-25-6-4-3-5-7-25/h8-18,25,27,33-35H,2-7,19-21H2,1H3/b32-29-. The van der Waals surface area contributed by atoms with E-state index in [1.807, 2.05) is 48.5 Å². The van der Waals surface area contributed by atoms with Crippen LogP contribution in [0, 0.1) is 0 Å². The van der Waals surface area contributed by atoms with E-state index in [2.05, 4.69) is 18.3 Å². The van der Waals surface area contributed by atoms with Crippen LogP contribution in [0.1, 0.15) is 62.1 Å². The third-order valence-corrected chi connectivity index (χ3v) is 7.37. The summed E-state index contributed by atoms with van der Waals surface area (Å²) in [6, 6.07) is 21.8. The number of aliphatic hydroxyl groups is 1. The number of allylic oxidation sites excluding steroid dienone is 1. The van der Waals surface area contributed by atoms with Gasteiger partial charge in [0.1, 0.15) is 24.2 Å². The highest BCUT2D eigenvalue weighted by molar-refractivity contribution is 5.99. The van der Waals surface area contributed by atoms with Gasteiger partial charge in [-0.2, -0.15) is 0 Å². The van der Waals surface area contributed by atoms with E-state index in [9.17, 15) is 10.2 Å². The van der Waals surface area contributed by atoms with E-state index >= 15 is 0 Å². The third-order valence-electron chi connectivity index (χ3n) is 7.37. The van der Waals surface area contributed by atoms with Gasteiger partial charge in [-0.3, -0.25) is 0 Å². The van der Waals surface area contributed by atoms with Gasteiger partial charge in [-0.25, -0.2) is 0 Å². The van der Waals surface area contributed by atoms with Crippen molar-refractivity contribution in [3.05, 3.63) is 83.4 Å². The van der Waals surface area contributed by atoms with Gasteiger partial charge in [0.05, 0.1) is 0 Å². The number of hydrogen-bond donors (Lipinski definition) is 3. The molecule has 38 heavy (non-hydrogen) atoms. The second-order valence-electron chi connectivity index (χ2n) is 10.1. The van der Waals surface area contributed by atoms with Crippen LogP contribution in [0.2, 0.25) is 0 Å². The Bertz CT molecular complexity index is 1230. The molecular weight excluding hydrogens is 478 g/mol. The number of ether oxygens (including phenoxy) is 3. The summed E-state index contributed by atoms with van der Waals surface area (Å²) in [6.45, 7) is 3.17. The molecule has 6 heteroatoms. The molecule has 1 aliphatic carbocycles. The van der Waals surface area contributed by atoms with Crippen molar-refractivity contribution in [2.24, 2.45) is 0 Å². The first-order chi connectivity index (χ1) is 18.6. The van der Waals surface area contributed by atoms with Crippen LogP contribution >= 0.6 is 0 Å². The predicted molar refractivity (Wildman–Crippen MR) is 150 cm³/mol. The first-order valence-electron chi connectivity index (χ1n) is 13.7. The van der Waals surface area contributed by atoms with Crippen molar-refractivity contribution in [3.63, 3.8) is 0 Å². The third kappa shape index (κ3) is 6.32. The molecule has 3 aromatic rings. The number of phenolic OH excluding ortho intramolecular Hbond substituents is 1. The Morgan fingerprint density at radius 2 is 1.55 bits per heavy atom. The van der Waals surface area contributed by atoms with Gasteiger partial charge < -0.3 is 29.7 Å². The molecule has 1 heterocycles. The van der Waals surface area contributed by atoms with Gasteiger partial charge in [0.2, 0.25) is 6.79 Å². The lowest BCUT2D eigenvalue weighted by Gasteiger charge is -2.24. The fourth-order valence-corrected chi connectivity index (χ4v) is 5.33. The summed E-state index contributed by atoms with van der Waals surface area (Å²) in [5.74, 6) is 2.46. The Morgan fingerprint density at radius 1 is 0.895 bits per heavy atom. The maximum absolute atomic E-state index is 10.4. The lowest BCUT2D eigenvalue weighted by molar-refractivity contribution is 0.102. The molecule has 0 saturated heterocycles. The highest BCUT2D eigenvalue weighted by atomic mass is 16.7. The minimum atomic E-state index is -0.554. The van der Waals surface area contributed by atoms with Gasteiger partial charge in [-0.15, -0.1) is 0 Å². The number of aliphatic hydroxyl groups excluding tert-OH is 1. The number of phenols is 1. The molecule has 0 amide bonds. The molecule has 1 saturated carbocycles. The fourth-order valence-electron chi connectivity index (χ4n) is 5.33. The Morgan fingerprint density at radius 3 is 2.26 bits per heavy atom. The van der Waals surface area contributed by atoms with Gasteiger partial charge in [0.15, 0.2) is 11.5 Å². The zero-order chi connectivity index (χ0) is 26.3. The summed E-state index contributed by atoms with van der Waals surface area (Å²) >= 11 is 0. The minimum absolute atomic E-state index is 0.231. The molecule has 6 nitrogen and oxygen atoms in total. The SMILES string of the molecule is CC/C(=C(\c1ccc(O)cc1)c1ccc(OCC(O)CNC2CCCCC2)cc1)c1ccc2c(c1)OCO2. The first-order valence-corrected chi connectivity index (χ1v) is 13.7. The Balaban J connectivity index is 1.35. The average Bonchev–Trinajstić information content (AvgIpc) is 3.43. The molecular formula is C32H37NO5. The van der Waals surface area contributed by atoms with Crippen LogP contribution in [0.4, 0.5) is 0 Å². The summed E-state index contributed by atoms with van der Waals surface area (Å²) in [7, 11) is 0. The van der Waals surface area contributed by atoms with Crippen molar-refractivity contribution < 1.29 is 24.4 Å². The van der Waals surface area contributed by atoms with Crippen molar-refractivity contribution in [1.82, 2.24) is 5.32 Å². The average molecular weight is 516 g/mol.